The number of morpholine rings is 1. The minimum Gasteiger partial charge on any atom is -0.374 e. The van der Waals surface area contributed by atoms with E-state index in [4.69, 9.17) is 4.74 Å². The maximum absolute atomic E-state index is 12.7. The number of aromatic nitrogens is 2. The molecule has 4 rings (SSSR count). The zero-order chi connectivity index (χ0) is 19.2. The molecule has 0 spiro atoms. The first-order chi connectivity index (χ1) is 13.8. The van der Waals surface area contributed by atoms with E-state index in [9.17, 15) is 4.79 Å². The maximum Gasteiger partial charge on any atom is 0.270 e. The van der Waals surface area contributed by atoms with Crippen LogP contribution in [0.2, 0.25) is 0 Å². The monoisotopic (exact) mass is 376 g/mol. The molecule has 0 aliphatic carbocycles. The summed E-state index contributed by atoms with van der Waals surface area (Å²) in [4.78, 5) is 19.2. The number of benzene rings is 2. The third kappa shape index (κ3) is 4.47. The molecule has 1 fully saturated rings. The number of nitrogens with one attached hydrogen (secondary N) is 1. The second-order valence-corrected chi connectivity index (χ2v) is 6.91. The number of imidazole rings is 1. The predicted octanol–water partition coefficient (Wildman–Crippen LogP) is 2.50. The highest BCUT2D eigenvalue weighted by atomic mass is 16.5. The summed E-state index contributed by atoms with van der Waals surface area (Å²) in [6.07, 6.45) is 3.23. The van der Waals surface area contributed by atoms with Crippen LogP contribution in [0.4, 0.5) is 0 Å². The molecule has 0 saturated carbocycles. The van der Waals surface area contributed by atoms with Gasteiger partial charge < -0.3 is 10.1 Å². The number of rotatable bonds is 6. The molecule has 6 nitrogen and oxygen atoms in total. The quantitative estimate of drug-likeness (QED) is 0.718. The van der Waals surface area contributed by atoms with Gasteiger partial charge in [0, 0.05) is 31.9 Å². The fourth-order valence-corrected chi connectivity index (χ4v) is 3.44. The van der Waals surface area contributed by atoms with Crippen molar-refractivity contribution in [1.29, 1.82) is 0 Å². The Hall–Kier alpha value is -2.96. The molecule has 144 valence electrons. The van der Waals surface area contributed by atoms with Gasteiger partial charge in [-0.05, 0) is 17.7 Å². The van der Waals surface area contributed by atoms with Crippen molar-refractivity contribution in [1.82, 2.24) is 19.8 Å². The van der Waals surface area contributed by atoms with E-state index in [1.165, 1.54) is 5.56 Å². The molecule has 28 heavy (non-hydrogen) atoms. The lowest BCUT2D eigenvalue weighted by molar-refractivity contribution is -0.0292. The normalized spacial score (nSPS) is 17.4. The van der Waals surface area contributed by atoms with Gasteiger partial charge in [-0.25, -0.2) is 4.98 Å². The Morgan fingerprint density at radius 2 is 1.86 bits per heavy atom. The van der Waals surface area contributed by atoms with Crippen molar-refractivity contribution in [2.75, 3.05) is 26.2 Å². The minimum absolute atomic E-state index is 0.0190. The number of para-hydroxylation sites is 1. The Kier molecular flexibility index (Phi) is 5.80. The Bertz CT molecular complexity index is 895. The van der Waals surface area contributed by atoms with Gasteiger partial charge in [-0.15, -0.1) is 0 Å². The third-order valence-corrected chi connectivity index (χ3v) is 4.87. The molecule has 0 bridgehead atoms. The van der Waals surface area contributed by atoms with Crippen molar-refractivity contribution < 1.29 is 9.53 Å². The van der Waals surface area contributed by atoms with Crippen LogP contribution in [-0.4, -0.2) is 52.7 Å². The summed E-state index contributed by atoms with van der Waals surface area (Å²) in [5.41, 5.74) is 2.72. The minimum atomic E-state index is -0.148. The van der Waals surface area contributed by atoms with E-state index in [1.807, 2.05) is 36.4 Å². The van der Waals surface area contributed by atoms with Gasteiger partial charge in [0.25, 0.3) is 5.91 Å². The van der Waals surface area contributed by atoms with Crippen LogP contribution < -0.4 is 5.32 Å². The Labute approximate surface area is 164 Å². The first kappa shape index (κ1) is 18.4. The van der Waals surface area contributed by atoms with Crippen LogP contribution in [-0.2, 0) is 11.3 Å². The fraction of sp³-hybridized carbons (Fsp3) is 0.273. The van der Waals surface area contributed by atoms with Crippen LogP contribution >= 0.6 is 0 Å². The number of amides is 1. The second-order valence-electron chi connectivity index (χ2n) is 6.91. The Balaban J connectivity index is 1.33. The molecule has 2 aromatic carbocycles. The zero-order valence-corrected chi connectivity index (χ0v) is 15.7. The molecular weight excluding hydrogens is 352 g/mol. The van der Waals surface area contributed by atoms with Crippen molar-refractivity contribution in [2.24, 2.45) is 0 Å². The summed E-state index contributed by atoms with van der Waals surface area (Å²) in [6.45, 7) is 3.75. The summed E-state index contributed by atoms with van der Waals surface area (Å²) in [5.74, 6) is -0.148. The van der Waals surface area contributed by atoms with Crippen molar-refractivity contribution >= 4 is 5.91 Å². The number of hydrogen-bond donors (Lipinski definition) is 1. The second kappa shape index (κ2) is 8.82. The molecule has 1 aliphatic heterocycles. The van der Waals surface area contributed by atoms with E-state index in [0.717, 1.165) is 25.3 Å². The number of ether oxygens (including phenoxy) is 1. The van der Waals surface area contributed by atoms with E-state index < -0.39 is 0 Å². The lowest BCUT2D eigenvalue weighted by Crippen LogP contribution is -2.47. The largest absolute Gasteiger partial charge is 0.374 e. The highest BCUT2D eigenvalue weighted by Gasteiger charge is 2.22. The average Bonchev–Trinajstić information content (AvgIpc) is 3.24. The van der Waals surface area contributed by atoms with Crippen molar-refractivity contribution in [3.8, 4) is 5.69 Å². The molecular formula is C22H24N4O2. The van der Waals surface area contributed by atoms with Crippen molar-refractivity contribution in [2.45, 2.75) is 12.6 Å². The van der Waals surface area contributed by atoms with Crippen LogP contribution in [0.1, 0.15) is 16.1 Å². The predicted molar refractivity (Wildman–Crippen MR) is 107 cm³/mol. The number of carbonyl (C=O) groups is 1. The zero-order valence-electron chi connectivity index (χ0n) is 15.7. The van der Waals surface area contributed by atoms with Gasteiger partial charge in [0.2, 0.25) is 0 Å². The van der Waals surface area contributed by atoms with Gasteiger partial charge in [0.15, 0.2) is 0 Å². The molecule has 0 radical (unpaired) electrons. The lowest BCUT2D eigenvalue weighted by atomic mass is 10.2. The average molecular weight is 376 g/mol. The highest BCUT2D eigenvalue weighted by molar-refractivity contribution is 5.93. The number of nitrogens with zero attached hydrogens (tertiary/aromatic N) is 3. The third-order valence-electron chi connectivity index (χ3n) is 4.87. The van der Waals surface area contributed by atoms with Crippen molar-refractivity contribution in [3.05, 3.63) is 84.4 Å². The van der Waals surface area contributed by atoms with E-state index in [1.54, 1.807) is 17.1 Å². The van der Waals surface area contributed by atoms with Gasteiger partial charge in [-0.3, -0.25) is 14.3 Å². The standard InChI is InChI=1S/C22H24N4O2/c27-22(21-14-23-17-26(21)19-9-5-2-6-10-19)24-13-20-16-25(11-12-28-20)15-18-7-3-1-4-8-18/h1-10,14,17,20H,11-13,15-16H2,(H,24,27)/t20-/m1/s1. The topological polar surface area (TPSA) is 59.4 Å². The van der Waals surface area contributed by atoms with Gasteiger partial charge in [0.1, 0.15) is 5.69 Å². The molecule has 1 aromatic heterocycles. The first-order valence-electron chi connectivity index (χ1n) is 9.53. The number of carbonyl (C=O) groups excluding carboxylic acids is 1. The van der Waals surface area contributed by atoms with Gasteiger partial charge in [0.05, 0.1) is 25.2 Å². The molecule has 1 atom stereocenters. The molecule has 3 aromatic rings. The van der Waals surface area contributed by atoms with Crippen LogP contribution in [0.25, 0.3) is 5.69 Å². The molecule has 1 saturated heterocycles. The highest BCUT2D eigenvalue weighted by Crippen LogP contribution is 2.12. The van der Waals surface area contributed by atoms with Gasteiger partial charge in [-0.2, -0.15) is 0 Å². The van der Waals surface area contributed by atoms with E-state index in [2.05, 4.69) is 39.5 Å². The van der Waals surface area contributed by atoms with E-state index in [0.29, 0.717) is 18.8 Å². The molecule has 0 unspecified atom stereocenters. The molecule has 1 amide bonds. The number of hydrogen-bond acceptors (Lipinski definition) is 4. The molecule has 1 aliphatic rings. The summed E-state index contributed by atoms with van der Waals surface area (Å²) in [6, 6.07) is 20.1. The summed E-state index contributed by atoms with van der Waals surface area (Å²) < 4.78 is 7.64. The van der Waals surface area contributed by atoms with E-state index >= 15 is 0 Å². The van der Waals surface area contributed by atoms with E-state index in [-0.39, 0.29) is 12.0 Å². The summed E-state index contributed by atoms with van der Waals surface area (Å²) >= 11 is 0. The van der Waals surface area contributed by atoms with Crippen LogP contribution in [0.3, 0.4) is 0 Å². The van der Waals surface area contributed by atoms with Crippen molar-refractivity contribution in [3.63, 3.8) is 0 Å². The lowest BCUT2D eigenvalue weighted by Gasteiger charge is -2.33. The SMILES string of the molecule is O=C(NC[C@@H]1CN(Cc2ccccc2)CCO1)c1cncn1-c1ccccc1. The first-order valence-corrected chi connectivity index (χ1v) is 9.53. The van der Waals surface area contributed by atoms with Gasteiger partial charge in [-0.1, -0.05) is 48.5 Å². The molecule has 1 N–H and O–H groups in total. The summed E-state index contributed by atoms with van der Waals surface area (Å²) in [7, 11) is 0. The van der Waals surface area contributed by atoms with Crippen LogP contribution in [0, 0.1) is 0 Å². The molecule has 6 heteroatoms. The maximum atomic E-state index is 12.7. The smallest absolute Gasteiger partial charge is 0.270 e. The fourth-order valence-electron chi connectivity index (χ4n) is 3.44. The Morgan fingerprint density at radius 3 is 2.64 bits per heavy atom. The Morgan fingerprint density at radius 1 is 1.11 bits per heavy atom. The molecule has 2 heterocycles. The van der Waals surface area contributed by atoms with Crippen LogP contribution in [0.15, 0.2) is 73.2 Å². The van der Waals surface area contributed by atoms with Gasteiger partial charge >= 0.3 is 0 Å². The summed E-state index contributed by atoms with van der Waals surface area (Å²) in [5, 5.41) is 3.00. The van der Waals surface area contributed by atoms with Crippen LogP contribution in [0.5, 0.6) is 0 Å².